The maximum Gasteiger partial charge on any atom is 0.243 e. The first-order valence-corrected chi connectivity index (χ1v) is 11.5. The van der Waals surface area contributed by atoms with E-state index in [4.69, 9.17) is 0 Å². The van der Waals surface area contributed by atoms with Crippen molar-refractivity contribution in [3.8, 4) is 0 Å². The van der Waals surface area contributed by atoms with Gasteiger partial charge in [-0.05, 0) is 24.6 Å². The lowest BCUT2D eigenvalue weighted by atomic mass is 10.2. The summed E-state index contributed by atoms with van der Waals surface area (Å²) in [7, 11) is -3.49. The van der Waals surface area contributed by atoms with E-state index in [2.05, 4.69) is 12.1 Å². The molecule has 1 unspecified atom stereocenters. The summed E-state index contributed by atoms with van der Waals surface area (Å²) in [5.41, 5.74) is 1.20. The summed E-state index contributed by atoms with van der Waals surface area (Å²) in [6.45, 7) is 3.45. The highest BCUT2D eigenvalue weighted by Crippen LogP contribution is 2.22. The Balaban J connectivity index is 1.53. The molecule has 0 saturated carbocycles. The third-order valence-corrected chi connectivity index (χ3v) is 7.74. The minimum Gasteiger partial charge on any atom is -0.339 e. The zero-order valence-electron chi connectivity index (χ0n) is 15.3. The van der Waals surface area contributed by atoms with Gasteiger partial charge in [-0.15, -0.1) is 11.8 Å². The Labute approximate surface area is 165 Å². The Bertz CT molecular complexity index is 849. The van der Waals surface area contributed by atoms with Crippen LogP contribution in [0.25, 0.3) is 0 Å². The van der Waals surface area contributed by atoms with Crippen molar-refractivity contribution in [3.63, 3.8) is 0 Å². The molecule has 27 heavy (non-hydrogen) atoms. The van der Waals surface area contributed by atoms with Crippen LogP contribution in [0.3, 0.4) is 0 Å². The number of rotatable bonds is 6. The molecule has 1 aliphatic heterocycles. The molecule has 1 fully saturated rings. The highest BCUT2D eigenvalue weighted by molar-refractivity contribution is 7.99. The van der Waals surface area contributed by atoms with Gasteiger partial charge in [-0.2, -0.15) is 4.31 Å². The van der Waals surface area contributed by atoms with Gasteiger partial charge in [0.15, 0.2) is 0 Å². The van der Waals surface area contributed by atoms with Gasteiger partial charge in [0.2, 0.25) is 15.9 Å². The van der Waals surface area contributed by atoms with Crippen LogP contribution in [0, 0.1) is 0 Å². The van der Waals surface area contributed by atoms with E-state index in [-0.39, 0.29) is 11.2 Å². The van der Waals surface area contributed by atoms with Gasteiger partial charge in [-0.1, -0.05) is 48.5 Å². The third kappa shape index (κ3) is 4.91. The smallest absolute Gasteiger partial charge is 0.243 e. The van der Waals surface area contributed by atoms with Crippen LogP contribution in [0.4, 0.5) is 0 Å². The Hall–Kier alpha value is -1.83. The highest BCUT2D eigenvalue weighted by atomic mass is 32.2. The fraction of sp³-hybridized carbons (Fsp3) is 0.350. The van der Waals surface area contributed by atoms with Gasteiger partial charge in [0.25, 0.3) is 0 Å². The van der Waals surface area contributed by atoms with Crippen LogP contribution in [0.1, 0.15) is 12.5 Å². The van der Waals surface area contributed by atoms with Gasteiger partial charge < -0.3 is 4.90 Å². The third-order valence-electron chi connectivity index (χ3n) is 4.62. The molecule has 1 heterocycles. The van der Waals surface area contributed by atoms with E-state index in [1.807, 2.05) is 25.1 Å². The summed E-state index contributed by atoms with van der Waals surface area (Å²) in [5, 5.41) is -0.150. The Morgan fingerprint density at radius 2 is 1.52 bits per heavy atom. The molecule has 1 saturated heterocycles. The Kier molecular flexibility index (Phi) is 6.57. The average molecular weight is 405 g/mol. The lowest BCUT2D eigenvalue weighted by Crippen LogP contribution is -2.52. The van der Waals surface area contributed by atoms with Crippen LogP contribution >= 0.6 is 11.8 Å². The van der Waals surface area contributed by atoms with E-state index in [1.165, 1.54) is 9.87 Å². The SMILES string of the molecule is CC(SCc1ccccc1)C(=O)N1CCN(S(=O)(=O)c2ccccc2)CC1. The van der Waals surface area contributed by atoms with Crippen LogP contribution in [-0.2, 0) is 20.6 Å². The van der Waals surface area contributed by atoms with Crippen molar-refractivity contribution in [1.82, 2.24) is 9.21 Å². The predicted molar refractivity (Wildman–Crippen MR) is 109 cm³/mol. The van der Waals surface area contributed by atoms with Crippen molar-refractivity contribution in [2.45, 2.75) is 22.8 Å². The number of nitrogens with zero attached hydrogens (tertiary/aromatic N) is 2. The summed E-state index contributed by atoms with van der Waals surface area (Å²) in [4.78, 5) is 14.8. The molecule has 0 aromatic heterocycles. The number of sulfonamides is 1. The van der Waals surface area contributed by atoms with Crippen LogP contribution in [0.2, 0.25) is 0 Å². The van der Waals surface area contributed by atoms with E-state index in [9.17, 15) is 13.2 Å². The molecular weight excluding hydrogens is 380 g/mol. The normalized spacial score (nSPS) is 16.9. The summed E-state index contributed by atoms with van der Waals surface area (Å²) in [5.74, 6) is 0.864. The molecule has 0 radical (unpaired) electrons. The second-order valence-electron chi connectivity index (χ2n) is 6.48. The largest absolute Gasteiger partial charge is 0.339 e. The van der Waals surface area contributed by atoms with Crippen molar-refractivity contribution in [2.75, 3.05) is 26.2 Å². The average Bonchev–Trinajstić information content (AvgIpc) is 2.73. The second-order valence-corrected chi connectivity index (χ2v) is 9.75. The number of carbonyl (C=O) groups excluding carboxylic acids is 1. The first kappa shape index (κ1) is 19.9. The topological polar surface area (TPSA) is 57.7 Å². The number of hydrogen-bond acceptors (Lipinski definition) is 4. The van der Waals surface area contributed by atoms with Crippen molar-refractivity contribution in [2.24, 2.45) is 0 Å². The molecule has 0 aliphatic carbocycles. The van der Waals surface area contributed by atoms with Crippen molar-refractivity contribution in [3.05, 3.63) is 66.2 Å². The number of carbonyl (C=O) groups is 1. The first-order valence-electron chi connectivity index (χ1n) is 8.98. The van der Waals surface area contributed by atoms with Gasteiger partial charge >= 0.3 is 0 Å². The van der Waals surface area contributed by atoms with E-state index in [1.54, 1.807) is 47.0 Å². The number of hydrogen-bond donors (Lipinski definition) is 0. The summed E-state index contributed by atoms with van der Waals surface area (Å²) in [6, 6.07) is 18.5. The standard InChI is InChI=1S/C20H24N2O3S2/c1-17(26-16-18-8-4-2-5-9-18)20(23)21-12-14-22(15-13-21)27(24,25)19-10-6-3-7-11-19/h2-11,17H,12-16H2,1H3. The van der Waals surface area contributed by atoms with Crippen LogP contribution in [-0.4, -0.2) is 55.0 Å². The van der Waals surface area contributed by atoms with E-state index < -0.39 is 10.0 Å². The highest BCUT2D eigenvalue weighted by Gasteiger charge is 2.31. The van der Waals surface area contributed by atoms with Crippen LogP contribution in [0.15, 0.2) is 65.6 Å². The monoisotopic (exact) mass is 404 g/mol. The quantitative estimate of drug-likeness (QED) is 0.743. The maximum atomic E-state index is 12.7. The maximum absolute atomic E-state index is 12.7. The van der Waals surface area contributed by atoms with Crippen molar-refractivity contribution >= 4 is 27.7 Å². The molecular formula is C20H24N2O3S2. The molecule has 0 bridgehead atoms. The van der Waals surface area contributed by atoms with Gasteiger partial charge in [0, 0.05) is 31.9 Å². The molecule has 0 N–H and O–H groups in total. The zero-order chi connectivity index (χ0) is 19.3. The molecule has 144 valence electrons. The predicted octanol–water partition coefficient (Wildman–Crippen LogP) is 2.84. The lowest BCUT2D eigenvalue weighted by molar-refractivity contribution is -0.131. The molecule has 1 amide bonds. The number of amides is 1. The zero-order valence-corrected chi connectivity index (χ0v) is 17.0. The van der Waals surface area contributed by atoms with Gasteiger partial charge in [-0.25, -0.2) is 8.42 Å². The fourth-order valence-corrected chi connectivity index (χ4v) is 5.38. The van der Waals surface area contributed by atoms with E-state index in [0.717, 1.165) is 5.75 Å². The Morgan fingerprint density at radius 1 is 0.963 bits per heavy atom. The Morgan fingerprint density at radius 3 is 2.11 bits per heavy atom. The summed E-state index contributed by atoms with van der Waals surface area (Å²) < 4.78 is 26.8. The van der Waals surface area contributed by atoms with E-state index in [0.29, 0.717) is 31.1 Å². The number of thioether (sulfide) groups is 1. The minimum atomic E-state index is -3.49. The summed E-state index contributed by atoms with van der Waals surface area (Å²) in [6.07, 6.45) is 0. The fourth-order valence-electron chi connectivity index (χ4n) is 3.01. The van der Waals surface area contributed by atoms with E-state index >= 15 is 0 Å². The van der Waals surface area contributed by atoms with Crippen LogP contribution in [0.5, 0.6) is 0 Å². The van der Waals surface area contributed by atoms with Crippen LogP contribution < -0.4 is 0 Å². The summed E-state index contributed by atoms with van der Waals surface area (Å²) >= 11 is 1.61. The molecule has 7 heteroatoms. The molecule has 1 atom stereocenters. The number of piperazine rings is 1. The molecule has 2 aromatic rings. The molecule has 5 nitrogen and oxygen atoms in total. The first-order chi connectivity index (χ1) is 13.0. The van der Waals surface area contributed by atoms with Gasteiger partial charge in [0.05, 0.1) is 10.1 Å². The van der Waals surface area contributed by atoms with Crippen molar-refractivity contribution in [1.29, 1.82) is 0 Å². The molecule has 2 aromatic carbocycles. The molecule has 3 rings (SSSR count). The molecule has 1 aliphatic rings. The van der Waals surface area contributed by atoms with Crippen molar-refractivity contribution < 1.29 is 13.2 Å². The number of benzene rings is 2. The second kappa shape index (κ2) is 8.91. The lowest BCUT2D eigenvalue weighted by Gasteiger charge is -2.35. The molecule has 0 spiro atoms. The van der Waals surface area contributed by atoms with Gasteiger partial charge in [0.1, 0.15) is 0 Å². The minimum absolute atomic E-state index is 0.0766. The van der Waals surface area contributed by atoms with Gasteiger partial charge in [-0.3, -0.25) is 4.79 Å².